The molecule has 0 unspecified atom stereocenters. The summed E-state index contributed by atoms with van der Waals surface area (Å²) in [5.74, 6) is -0.0956. The van der Waals surface area contributed by atoms with Gasteiger partial charge in [-0.2, -0.15) is 4.31 Å². The number of rotatable bonds is 5. The SMILES string of the molecule is O=C1Cc2cc(S(=O)(=O)N3CCN(C/C=C/c4ccccc4)CC3)ccc2N1. The highest BCUT2D eigenvalue weighted by atomic mass is 32.2. The third kappa shape index (κ3) is 4.01. The second-order valence-electron chi connectivity index (χ2n) is 7.06. The summed E-state index contributed by atoms with van der Waals surface area (Å²) >= 11 is 0. The average molecular weight is 398 g/mol. The van der Waals surface area contributed by atoms with Crippen molar-refractivity contribution < 1.29 is 13.2 Å². The van der Waals surface area contributed by atoms with Gasteiger partial charge in [0.15, 0.2) is 0 Å². The quantitative estimate of drug-likeness (QED) is 0.840. The molecule has 2 aromatic carbocycles. The monoisotopic (exact) mass is 397 g/mol. The number of anilines is 1. The molecule has 2 aliphatic heterocycles. The Kier molecular flexibility index (Phi) is 5.30. The third-order valence-corrected chi connectivity index (χ3v) is 7.04. The van der Waals surface area contributed by atoms with Gasteiger partial charge in [0.2, 0.25) is 15.9 Å². The molecule has 2 heterocycles. The van der Waals surface area contributed by atoms with Crippen LogP contribution in [0.4, 0.5) is 5.69 Å². The van der Waals surface area contributed by atoms with Crippen molar-refractivity contribution in [1.82, 2.24) is 9.21 Å². The molecule has 0 spiro atoms. The standard InChI is InChI=1S/C21H23N3O3S/c25-21-16-18-15-19(8-9-20(18)22-21)28(26,27)24-13-11-23(12-14-24)10-4-7-17-5-2-1-3-6-17/h1-9,15H,10-14,16H2,(H,22,25)/b7-4+. The van der Waals surface area contributed by atoms with E-state index in [4.69, 9.17) is 0 Å². The van der Waals surface area contributed by atoms with Crippen LogP contribution >= 0.6 is 0 Å². The lowest BCUT2D eigenvalue weighted by Gasteiger charge is -2.33. The van der Waals surface area contributed by atoms with Crippen molar-refractivity contribution >= 4 is 27.7 Å². The predicted octanol–water partition coefficient (Wildman–Crippen LogP) is 2.20. The number of hydrogen-bond acceptors (Lipinski definition) is 4. The second-order valence-corrected chi connectivity index (χ2v) is 9.00. The van der Waals surface area contributed by atoms with Crippen LogP contribution < -0.4 is 5.32 Å². The minimum Gasteiger partial charge on any atom is -0.326 e. The first-order valence-electron chi connectivity index (χ1n) is 9.39. The molecule has 7 heteroatoms. The molecule has 146 valence electrons. The molecule has 6 nitrogen and oxygen atoms in total. The van der Waals surface area contributed by atoms with Crippen LogP contribution in [0, 0.1) is 0 Å². The Morgan fingerprint density at radius 1 is 1.00 bits per heavy atom. The topological polar surface area (TPSA) is 69.7 Å². The van der Waals surface area contributed by atoms with Crippen molar-refractivity contribution in [2.24, 2.45) is 0 Å². The zero-order valence-corrected chi connectivity index (χ0v) is 16.4. The van der Waals surface area contributed by atoms with Crippen LogP contribution in [-0.4, -0.2) is 56.3 Å². The van der Waals surface area contributed by atoms with E-state index in [2.05, 4.69) is 34.5 Å². The molecule has 0 bridgehead atoms. The minimum absolute atomic E-state index is 0.0956. The summed E-state index contributed by atoms with van der Waals surface area (Å²) in [6.45, 7) is 3.13. The summed E-state index contributed by atoms with van der Waals surface area (Å²) in [5, 5.41) is 2.73. The fourth-order valence-corrected chi connectivity index (χ4v) is 5.04. The first kappa shape index (κ1) is 18.9. The second kappa shape index (κ2) is 7.87. The number of piperazine rings is 1. The van der Waals surface area contributed by atoms with Gasteiger partial charge in [-0.3, -0.25) is 9.69 Å². The van der Waals surface area contributed by atoms with Crippen LogP contribution in [0.15, 0.2) is 59.5 Å². The lowest BCUT2D eigenvalue weighted by atomic mass is 10.2. The average Bonchev–Trinajstić information content (AvgIpc) is 3.08. The van der Waals surface area contributed by atoms with Crippen LogP contribution in [0.3, 0.4) is 0 Å². The molecule has 2 aliphatic rings. The van der Waals surface area contributed by atoms with E-state index in [0.29, 0.717) is 31.9 Å². The van der Waals surface area contributed by atoms with E-state index >= 15 is 0 Å². The normalized spacial score (nSPS) is 18.4. The third-order valence-electron chi connectivity index (χ3n) is 5.14. The molecular formula is C21H23N3O3S. The van der Waals surface area contributed by atoms with Gasteiger partial charge in [0.25, 0.3) is 0 Å². The molecule has 1 saturated heterocycles. The summed E-state index contributed by atoms with van der Waals surface area (Å²) in [6, 6.07) is 15.0. The van der Waals surface area contributed by atoms with E-state index in [9.17, 15) is 13.2 Å². The van der Waals surface area contributed by atoms with Crippen molar-refractivity contribution in [3.05, 3.63) is 65.7 Å². The summed E-state index contributed by atoms with van der Waals surface area (Å²) < 4.78 is 27.5. The molecule has 0 aromatic heterocycles. The molecule has 1 fully saturated rings. The number of fused-ring (bicyclic) bond motifs is 1. The van der Waals surface area contributed by atoms with E-state index in [1.807, 2.05) is 18.2 Å². The van der Waals surface area contributed by atoms with Gasteiger partial charge >= 0.3 is 0 Å². The molecule has 0 aliphatic carbocycles. The minimum atomic E-state index is -3.54. The van der Waals surface area contributed by atoms with Crippen LogP contribution in [0.25, 0.3) is 6.08 Å². The van der Waals surface area contributed by atoms with E-state index in [0.717, 1.165) is 17.7 Å². The molecule has 0 atom stereocenters. The zero-order valence-electron chi connectivity index (χ0n) is 15.5. The van der Waals surface area contributed by atoms with Gasteiger partial charge in [0.05, 0.1) is 11.3 Å². The maximum atomic E-state index is 13.0. The zero-order chi connectivity index (χ0) is 19.6. The molecule has 2 aromatic rings. The number of sulfonamides is 1. The maximum absolute atomic E-state index is 13.0. The highest BCUT2D eigenvalue weighted by Crippen LogP contribution is 2.27. The van der Waals surface area contributed by atoms with Gasteiger partial charge in [-0.05, 0) is 29.3 Å². The Morgan fingerprint density at radius 3 is 2.50 bits per heavy atom. The predicted molar refractivity (Wildman–Crippen MR) is 109 cm³/mol. The fraction of sp³-hybridized carbons (Fsp3) is 0.286. The Labute approximate surface area is 165 Å². The van der Waals surface area contributed by atoms with Gasteiger partial charge in [0, 0.05) is 38.4 Å². The lowest BCUT2D eigenvalue weighted by Crippen LogP contribution is -2.48. The van der Waals surface area contributed by atoms with Crippen LogP contribution in [-0.2, 0) is 21.2 Å². The molecule has 0 saturated carbocycles. The highest BCUT2D eigenvalue weighted by Gasteiger charge is 2.29. The number of amides is 1. The number of nitrogens with one attached hydrogen (secondary N) is 1. The highest BCUT2D eigenvalue weighted by molar-refractivity contribution is 7.89. The molecule has 4 rings (SSSR count). The first-order chi connectivity index (χ1) is 13.5. The smallest absolute Gasteiger partial charge is 0.243 e. The van der Waals surface area contributed by atoms with Crippen molar-refractivity contribution in [2.75, 3.05) is 38.0 Å². The van der Waals surface area contributed by atoms with E-state index in [1.54, 1.807) is 18.2 Å². The van der Waals surface area contributed by atoms with Crippen molar-refractivity contribution in [3.8, 4) is 0 Å². The van der Waals surface area contributed by atoms with Crippen molar-refractivity contribution in [3.63, 3.8) is 0 Å². The van der Waals surface area contributed by atoms with E-state index < -0.39 is 10.0 Å². The first-order valence-corrected chi connectivity index (χ1v) is 10.8. The lowest BCUT2D eigenvalue weighted by molar-refractivity contribution is -0.115. The summed E-state index contributed by atoms with van der Waals surface area (Å²) in [6.07, 6.45) is 4.44. The van der Waals surface area contributed by atoms with Crippen LogP contribution in [0.2, 0.25) is 0 Å². The number of nitrogens with zero attached hydrogens (tertiary/aromatic N) is 2. The summed E-state index contributed by atoms with van der Waals surface area (Å²) in [4.78, 5) is 14.0. The molecule has 1 N–H and O–H groups in total. The van der Waals surface area contributed by atoms with Crippen molar-refractivity contribution in [2.45, 2.75) is 11.3 Å². The Balaban J connectivity index is 1.36. The number of benzene rings is 2. The van der Waals surface area contributed by atoms with E-state index in [1.165, 1.54) is 4.31 Å². The van der Waals surface area contributed by atoms with Gasteiger partial charge < -0.3 is 5.32 Å². The maximum Gasteiger partial charge on any atom is 0.243 e. The fourth-order valence-electron chi connectivity index (χ4n) is 3.57. The largest absolute Gasteiger partial charge is 0.326 e. The molecule has 0 radical (unpaired) electrons. The van der Waals surface area contributed by atoms with E-state index in [-0.39, 0.29) is 17.2 Å². The van der Waals surface area contributed by atoms with Gasteiger partial charge in [-0.1, -0.05) is 42.5 Å². The van der Waals surface area contributed by atoms with Crippen molar-refractivity contribution in [1.29, 1.82) is 0 Å². The van der Waals surface area contributed by atoms with Gasteiger partial charge in [0.1, 0.15) is 0 Å². The van der Waals surface area contributed by atoms with Crippen LogP contribution in [0.1, 0.15) is 11.1 Å². The molecule has 28 heavy (non-hydrogen) atoms. The molecule has 1 amide bonds. The summed E-state index contributed by atoms with van der Waals surface area (Å²) in [7, 11) is -3.54. The number of carbonyl (C=O) groups is 1. The molecular weight excluding hydrogens is 374 g/mol. The van der Waals surface area contributed by atoms with Gasteiger partial charge in [-0.15, -0.1) is 0 Å². The van der Waals surface area contributed by atoms with Gasteiger partial charge in [-0.25, -0.2) is 8.42 Å². The summed E-state index contributed by atoms with van der Waals surface area (Å²) in [5.41, 5.74) is 2.61. The number of hydrogen-bond donors (Lipinski definition) is 1. The number of carbonyl (C=O) groups excluding carboxylic acids is 1. The van der Waals surface area contributed by atoms with Crippen LogP contribution in [0.5, 0.6) is 0 Å². The Bertz CT molecular complexity index is 995. The Hall–Kier alpha value is -2.48. The Morgan fingerprint density at radius 2 is 1.75 bits per heavy atom.